The van der Waals surface area contributed by atoms with E-state index in [-0.39, 0.29) is 29.3 Å². The van der Waals surface area contributed by atoms with E-state index in [0.29, 0.717) is 24.5 Å². The van der Waals surface area contributed by atoms with E-state index in [2.05, 4.69) is 20.0 Å². The molecule has 3 aromatic rings. The summed E-state index contributed by atoms with van der Waals surface area (Å²) >= 11 is 0. The Hall–Kier alpha value is -3.99. The van der Waals surface area contributed by atoms with E-state index in [0.717, 1.165) is 5.69 Å². The average molecular weight is 467 g/mol. The predicted molar refractivity (Wildman–Crippen MR) is 123 cm³/mol. The molecule has 0 spiro atoms. The number of nitrogens with zero attached hydrogens (tertiary/aromatic N) is 4. The molecule has 4 rings (SSSR count). The lowest BCUT2D eigenvalue weighted by atomic mass is 10.3. The number of aryl methyl sites for hydroxylation is 1. The van der Waals surface area contributed by atoms with Crippen LogP contribution in [0.4, 0.5) is 22.1 Å². The van der Waals surface area contributed by atoms with Gasteiger partial charge in [-0.05, 0) is 49.4 Å². The number of hydrogen-bond donors (Lipinski definition) is 2. The molecule has 0 atom stereocenters. The second-order valence-electron chi connectivity index (χ2n) is 7.39. The molecule has 11 heteroatoms. The number of carbonyl (C=O) groups is 2. The Balaban J connectivity index is 1.35. The van der Waals surface area contributed by atoms with E-state index in [1.165, 1.54) is 35.4 Å². The molecule has 1 fully saturated rings. The van der Waals surface area contributed by atoms with Gasteiger partial charge in [0, 0.05) is 36.4 Å². The number of urea groups is 1. The van der Waals surface area contributed by atoms with Crippen molar-refractivity contribution in [2.75, 3.05) is 34.6 Å². The number of para-hydroxylation sites is 1. The Morgan fingerprint density at radius 1 is 1.03 bits per heavy atom. The SMILES string of the molecule is Cc1ccnc(NS(=O)(=O)c2ccc(NC(=O)CN3CCN(c4ccccc4)C3=O)cc2)n1. The fourth-order valence-corrected chi connectivity index (χ4v) is 4.30. The number of anilines is 3. The Labute approximate surface area is 191 Å². The highest BCUT2D eigenvalue weighted by Gasteiger charge is 2.30. The molecule has 0 unspecified atom stereocenters. The van der Waals surface area contributed by atoms with Gasteiger partial charge in [0.2, 0.25) is 11.9 Å². The lowest BCUT2D eigenvalue weighted by Gasteiger charge is -2.18. The summed E-state index contributed by atoms with van der Waals surface area (Å²) in [5.74, 6) is -0.396. The molecule has 170 valence electrons. The van der Waals surface area contributed by atoms with Crippen LogP contribution in [0.2, 0.25) is 0 Å². The number of aromatic nitrogens is 2. The first-order chi connectivity index (χ1) is 15.8. The van der Waals surface area contributed by atoms with E-state index in [1.54, 1.807) is 17.9 Å². The molecule has 1 aromatic heterocycles. The van der Waals surface area contributed by atoms with Gasteiger partial charge in [-0.25, -0.2) is 27.9 Å². The summed E-state index contributed by atoms with van der Waals surface area (Å²) < 4.78 is 27.4. The van der Waals surface area contributed by atoms with Crippen LogP contribution in [0.25, 0.3) is 0 Å². The van der Waals surface area contributed by atoms with Crippen molar-refractivity contribution in [3.8, 4) is 0 Å². The first-order valence-corrected chi connectivity index (χ1v) is 11.6. The largest absolute Gasteiger partial charge is 0.325 e. The molecule has 2 aromatic carbocycles. The van der Waals surface area contributed by atoms with Crippen LogP contribution in [0.15, 0.2) is 71.8 Å². The molecule has 1 aliphatic rings. The second kappa shape index (κ2) is 9.25. The maximum absolute atomic E-state index is 12.6. The number of carbonyl (C=O) groups excluding carboxylic acids is 2. The molecule has 0 radical (unpaired) electrons. The lowest BCUT2D eigenvalue weighted by molar-refractivity contribution is -0.116. The van der Waals surface area contributed by atoms with Crippen molar-refractivity contribution in [3.05, 3.63) is 72.6 Å². The predicted octanol–water partition coefficient (Wildman–Crippen LogP) is 2.47. The molecule has 0 saturated carbocycles. The number of hydrogen-bond acceptors (Lipinski definition) is 6. The van der Waals surface area contributed by atoms with Crippen molar-refractivity contribution in [3.63, 3.8) is 0 Å². The second-order valence-corrected chi connectivity index (χ2v) is 9.07. The highest BCUT2D eigenvalue weighted by atomic mass is 32.2. The molecule has 1 saturated heterocycles. The highest BCUT2D eigenvalue weighted by molar-refractivity contribution is 7.92. The van der Waals surface area contributed by atoms with Crippen LogP contribution in [0.5, 0.6) is 0 Å². The summed E-state index contributed by atoms with van der Waals surface area (Å²) in [7, 11) is -3.88. The summed E-state index contributed by atoms with van der Waals surface area (Å²) in [6, 6.07) is 16.4. The summed E-state index contributed by atoms with van der Waals surface area (Å²) in [5.41, 5.74) is 1.83. The van der Waals surface area contributed by atoms with Crippen LogP contribution < -0.4 is 14.9 Å². The van der Waals surface area contributed by atoms with Gasteiger partial charge in [-0.3, -0.25) is 9.69 Å². The molecular weight excluding hydrogens is 444 g/mol. The quantitative estimate of drug-likeness (QED) is 0.551. The van der Waals surface area contributed by atoms with Gasteiger partial charge in [0.25, 0.3) is 10.0 Å². The summed E-state index contributed by atoms with van der Waals surface area (Å²) in [6.45, 7) is 2.56. The van der Waals surface area contributed by atoms with Crippen molar-refractivity contribution >= 4 is 39.3 Å². The van der Waals surface area contributed by atoms with Gasteiger partial charge in [-0.15, -0.1) is 0 Å². The van der Waals surface area contributed by atoms with Crippen LogP contribution in [0.1, 0.15) is 5.69 Å². The van der Waals surface area contributed by atoms with Crippen LogP contribution in [0.3, 0.4) is 0 Å². The third kappa shape index (κ3) is 5.26. The topological polar surface area (TPSA) is 125 Å². The lowest BCUT2D eigenvalue weighted by Crippen LogP contribution is -2.37. The Morgan fingerprint density at radius 2 is 1.76 bits per heavy atom. The minimum atomic E-state index is -3.88. The maximum Gasteiger partial charge on any atom is 0.325 e. The zero-order valence-corrected chi connectivity index (χ0v) is 18.6. The fourth-order valence-electron chi connectivity index (χ4n) is 3.35. The Kier molecular flexibility index (Phi) is 6.22. The zero-order valence-electron chi connectivity index (χ0n) is 17.8. The molecule has 3 amide bonds. The molecule has 0 bridgehead atoms. The Bertz CT molecular complexity index is 1270. The summed E-state index contributed by atoms with van der Waals surface area (Å²) in [6.07, 6.45) is 1.46. The standard InChI is InChI=1S/C22H22N6O4S/c1-16-11-12-23-21(24-16)26-33(31,32)19-9-7-17(8-10-19)25-20(29)15-27-13-14-28(22(27)30)18-5-3-2-4-6-18/h2-12H,13-15H2,1H3,(H,25,29)(H,23,24,26). The van der Waals surface area contributed by atoms with E-state index in [4.69, 9.17) is 0 Å². The average Bonchev–Trinajstić information content (AvgIpc) is 3.14. The van der Waals surface area contributed by atoms with Crippen LogP contribution >= 0.6 is 0 Å². The van der Waals surface area contributed by atoms with Crippen molar-refractivity contribution in [1.82, 2.24) is 14.9 Å². The summed E-state index contributed by atoms with van der Waals surface area (Å²) in [4.78, 5) is 36.1. The van der Waals surface area contributed by atoms with Crippen molar-refractivity contribution in [2.45, 2.75) is 11.8 Å². The number of benzene rings is 2. The number of nitrogens with one attached hydrogen (secondary N) is 2. The van der Waals surface area contributed by atoms with Gasteiger partial charge in [0.05, 0.1) is 4.90 Å². The minimum Gasteiger partial charge on any atom is -0.325 e. The van der Waals surface area contributed by atoms with Crippen molar-refractivity contribution < 1.29 is 18.0 Å². The third-order valence-electron chi connectivity index (χ3n) is 4.97. The minimum absolute atomic E-state index is 0.00108. The smallest absolute Gasteiger partial charge is 0.325 e. The van der Waals surface area contributed by atoms with E-state index in [9.17, 15) is 18.0 Å². The number of rotatable bonds is 7. The Morgan fingerprint density at radius 3 is 2.45 bits per heavy atom. The zero-order chi connectivity index (χ0) is 23.4. The van der Waals surface area contributed by atoms with E-state index in [1.807, 2.05) is 30.3 Å². The first kappa shape index (κ1) is 22.2. The molecule has 0 aliphatic carbocycles. The van der Waals surface area contributed by atoms with E-state index < -0.39 is 10.0 Å². The van der Waals surface area contributed by atoms with Crippen molar-refractivity contribution in [1.29, 1.82) is 0 Å². The first-order valence-electron chi connectivity index (χ1n) is 10.2. The summed E-state index contributed by atoms with van der Waals surface area (Å²) in [5, 5.41) is 2.69. The number of amides is 3. The fraction of sp³-hybridized carbons (Fsp3) is 0.182. The van der Waals surface area contributed by atoms with Crippen molar-refractivity contribution in [2.24, 2.45) is 0 Å². The monoisotopic (exact) mass is 466 g/mol. The van der Waals surface area contributed by atoms with Gasteiger partial charge in [0.1, 0.15) is 6.54 Å². The normalized spacial score (nSPS) is 13.8. The van der Waals surface area contributed by atoms with Crippen LogP contribution in [-0.4, -0.2) is 54.9 Å². The molecule has 33 heavy (non-hydrogen) atoms. The van der Waals surface area contributed by atoms with Gasteiger partial charge >= 0.3 is 6.03 Å². The van der Waals surface area contributed by atoms with Gasteiger partial charge in [-0.2, -0.15) is 0 Å². The van der Waals surface area contributed by atoms with Gasteiger partial charge in [-0.1, -0.05) is 18.2 Å². The molecular formula is C22H22N6O4S. The van der Waals surface area contributed by atoms with Gasteiger partial charge in [0.15, 0.2) is 0 Å². The highest BCUT2D eigenvalue weighted by Crippen LogP contribution is 2.20. The molecule has 2 N–H and O–H groups in total. The molecule has 2 heterocycles. The van der Waals surface area contributed by atoms with Crippen LogP contribution in [-0.2, 0) is 14.8 Å². The number of sulfonamides is 1. The van der Waals surface area contributed by atoms with Crippen LogP contribution in [0, 0.1) is 6.92 Å². The molecule has 1 aliphatic heterocycles. The van der Waals surface area contributed by atoms with Gasteiger partial charge < -0.3 is 10.2 Å². The molecule has 10 nitrogen and oxygen atoms in total. The third-order valence-corrected chi connectivity index (χ3v) is 6.31. The maximum atomic E-state index is 12.6. The van der Waals surface area contributed by atoms with E-state index >= 15 is 0 Å².